The molecule has 22 heavy (non-hydrogen) atoms. The standard InChI is InChI=1S/C15H13N3O3S/c19-22(20,13-3-1-7-16-11-13)18-10-12-5-6-14(17-9-12)15-4-2-8-21-15/h1-9,11,18H,10H2. The quantitative estimate of drug-likeness (QED) is 0.780. The van der Waals surface area contributed by atoms with Crippen molar-refractivity contribution in [2.75, 3.05) is 0 Å². The van der Waals surface area contributed by atoms with Crippen LogP contribution in [0.25, 0.3) is 11.5 Å². The van der Waals surface area contributed by atoms with Crippen LogP contribution in [-0.2, 0) is 16.6 Å². The number of rotatable bonds is 5. The third kappa shape index (κ3) is 3.21. The van der Waals surface area contributed by atoms with E-state index in [1.54, 1.807) is 36.7 Å². The number of pyridine rings is 2. The molecular weight excluding hydrogens is 302 g/mol. The maximum atomic E-state index is 12.1. The topological polar surface area (TPSA) is 85.1 Å². The molecule has 0 fully saturated rings. The SMILES string of the molecule is O=S(=O)(NCc1ccc(-c2ccco2)nc1)c1cccnc1. The fourth-order valence-corrected chi connectivity index (χ4v) is 2.85. The van der Waals surface area contributed by atoms with Gasteiger partial charge in [0.25, 0.3) is 0 Å². The molecular formula is C15H13N3O3S. The molecule has 0 aliphatic carbocycles. The maximum absolute atomic E-state index is 12.1. The van der Waals surface area contributed by atoms with Crippen LogP contribution in [0.4, 0.5) is 0 Å². The van der Waals surface area contributed by atoms with Crippen LogP contribution in [-0.4, -0.2) is 18.4 Å². The molecule has 1 N–H and O–H groups in total. The Morgan fingerprint density at radius 3 is 2.64 bits per heavy atom. The molecule has 112 valence electrons. The van der Waals surface area contributed by atoms with Crippen molar-refractivity contribution >= 4 is 10.0 Å². The van der Waals surface area contributed by atoms with Gasteiger partial charge in [-0.05, 0) is 35.9 Å². The summed E-state index contributed by atoms with van der Waals surface area (Å²) in [7, 11) is -3.57. The highest BCUT2D eigenvalue weighted by molar-refractivity contribution is 7.89. The van der Waals surface area contributed by atoms with E-state index in [1.807, 2.05) is 6.07 Å². The minimum absolute atomic E-state index is 0.134. The van der Waals surface area contributed by atoms with Crippen LogP contribution in [0.5, 0.6) is 0 Å². The zero-order chi connectivity index (χ0) is 15.4. The van der Waals surface area contributed by atoms with Crippen molar-refractivity contribution in [3.05, 3.63) is 66.8 Å². The predicted octanol–water partition coefficient (Wildman–Crippen LogP) is 2.22. The molecule has 3 aromatic rings. The fraction of sp³-hybridized carbons (Fsp3) is 0.0667. The Morgan fingerprint density at radius 2 is 2.00 bits per heavy atom. The molecule has 6 nitrogen and oxygen atoms in total. The molecule has 3 aromatic heterocycles. The number of nitrogens with one attached hydrogen (secondary N) is 1. The van der Waals surface area contributed by atoms with Crippen molar-refractivity contribution in [2.45, 2.75) is 11.4 Å². The molecule has 0 atom stereocenters. The van der Waals surface area contributed by atoms with Crippen LogP contribution in [0.1, 0.15) is 5.56 Å². The molecule has 0 radical (unpaired) electrons. The van der Waals surface area contributed by atoms with Crippen LogP contribution in [0.15, 0.2) is 70.6 Å². The van der Waals surface area contributed by atoms with Gasteiger partial charge in [-0.25, -0.2) is 13.1 Å². The van der Waals surface area contributed by atoms with Gasteiger partial charge in [-0.1, -0.05) is 6.07 Å². The Hall–Kier alpha value is -2.51. The fourth-order valence-electron chi connectivity index (χ4n) is 1.87. The Bertz CT molecular complexity index is 830. The number of sulfonamides is 1. The van der Waals surface area contributed by atoms with E-state index in [0.717, 1.165) is 5.56 Å². The smallest absolute Gasteiger partial charge is 0.242 e. The van der Waals surface area contributed by atoms with Crippen LogP contribution in [0, 0.1) is 0 Å². The van der Waals surface area contributed by atoms with Crippen LogP contribution >= 0.6 is 0 Å². The molecule has 0 unspecified atom stereocenters. The average molecular weight is 315 g/mol. The summed E-state index contributed by atoms with van der Waals surface area (Å²) < 4.78 is 31.9. The van der Waals surface area contributed by atoms with Gasteiger partial charge in [0.2, 0.25) is 10.0 Å². The first-order valence-electron chi connectivity index (χ1n) is 6.54. The highest BCUT2D eigenvalue weighted by atomic mass is 32.2. The lowest BCUT2D eigenvalue weighted by Crippen LogP contribution is -2.23. The van der Waals surface area contributed by atoms with Gasteiger partial charge >= 0.3 is 0 Å². The van der Waals surface area contributed by atoms with Crippen molar-refractivity contribution < 1.29 is 12.8 Å². The molecule has 7 heteroatoms. The Kier molecular flexibility index (Phi) is 3.99. The van der Waals surface area contributed by atoms with Crippen molar-refractivity contribution in [1.82, 2.24) is 14.7 Å². The second-order valence-corrected chi connectivity index (χ2v) is 6.31. The number of hydrogen-bond donors (Lipinski definition) is 1. The van der Waals surface area contributed by atoms with Gasteiger partial charge in [0, 0.05) is 25.1 Å². The van der Waals surface area contributed by atoms with Gasteiger partial charge < -0.3 is 4.42 Å². The van der Waals surface area contributed by atoms with E-state index >= 15 is 0 Å². The molecule has 0 aliphatic rings. The third-order valence-corrected chi connectivity index (χ3v) is 4.40. The van der Waals surface area contributed by atoms with Crippen molar-refractivity contribution in [1.29, 1.82) is 0 Å². The normalized spacial score (nSPS) is 11.5. The van der Waals surface area contributed by atoms with E-state index in [-0.39, 0.29) is 11.4 Å². The average Bonchev–Trinajstić information content (AvgIpc) is 3.09. The van der Waals surface area contributed by atoms with Gasteiger partial charge in [-0.3, -0.25) is 9.97 Å². The first-order valence-corrected chi connectivity index (χ1v) is 8.02. The molecule has 3 rings (SSSR count). The molecule has 0 aromatic carbocycles. The summed E-state index contributed by atoms with van der Waals surface area (Å²) in [4.78, 5) is 8.19. The zero-order valence-corrected chi connectivity index (χ0v) is 12.3. The lowest BCUT2D eigenvalue weighted by atomic mass is 10.2. The van der Waals surface area contributed by atoms with Crippen molar-refractivity contribution in [3.63, 3.8) is 0 Å². The van der Waals surface area contributed by atoms with Gasteiger partial charge in [0.15, 0.2) is 5.76 Å². The van der Waals surface area contributed by atoms with Gasteiger partial charge in [-0.15, -0.1) is 0 Å². The number of furan rings is 1. The second-order valence-electron chi connectivity index (χ2n) is 4.54. The number of aromatic nitrogens is 2. The third-order valence-electron chi connectivity index (χ3n) is 3.01. The van der Waals surface area contributed by atoms with Gasteiger partial charge in [-0.2, -0.15) is 0 Å². The maximum Gasteiger partial charge on any atom is 0.242 e. The van der Waals surface area contributed by atoms with Gasteiger partial charge in [0.1, 0.15) is 10.6 Å². The van der Waals surface area contributed by atoms with Crippen LogP contribution in [0.3, 0.4) is 0 Å². The molecule has 0 spiro atoms. The van der Waals surface area contributed by atoms with Gasteiger partial charge in [0.05, 0.1) is 6.26 Å². The Balaban J connectivity index is 1.69. The lowest BCUT2D eigenvalue weighted by Gasteiger charge is -2.06. The molecule has 3 heterocycles. The highest BCUT2D eigenvalue weighted by Crippen LogP contribution is 2.17. The minimum atomic E-state index is -3.57. The van der Waals surface area contributed by atoms with E-state index in [1.165, 1.54) is 18.5 Å². The highest BCUT2D eigenvalue weighted by Gasteiger charge is 2.13. The van der Waals surface area contributed by atoms with E-state index < -0.39 is 10.0 Å². The van der Waals surface area contributed by atoms with Crippen LogP contribution in [0.2, 0.25) is 0 Å². The first kappa shape index (κ1) is 14.4. The number of hydrogen-bond acceptors (Lipinski definition) is 5. The summed E-state index contributed by atoms with van der Waals surface area (Å²) in [6.45, 7) is 0.155. The summed E-state index contributed by atoms with van der Waals surface area (Å²) in [6, 6.07) is 10.3. The zero-order valence-electron chi connectivity index (χ0n) is 11.5. The van der Waals surface area contributed by atoms with Crippen LogP contribution < -0.4 is 4.72 Å². The van der Waals surface area contributed by atoms with E-state index in [9.17, 15) is 8.42 Å². The summed E-state index contributed by atoms with van der Waals surface area (Å²) in [5.74, 6) is 0.669. The molecule has 0 bridgehead atoms. The largest absolute Gasteiger partial charge is 0.463 e. The Labute approximate surface area is 127 Å². The van der Waals surface area contributed by atoms with Crippen molar-refractivity contribution in [3.8, 4) is 11.5 Å². The van der Waals surface area contributed by atoms with E-state index in [4.69, 9.17) is 4.42 Å². The number of nitrogens with zero attached hydrogens (tertiary/aromatic N) is 2. The first-order chi connectivity index (χ1) is 10.6. The monoisotopic (exact) mass is 315 g/mol. The summed E-state index contributed by atoms with van der Waals surface area (Å²) >= 11 is 0. The van der Waals surface area contributed by atoms with E-state index in [0.29, 0.717) is 11.5 Å². The van der Waals surface area contributed by atoms with Crippen molar-refractivity contribution in [2.24, 2.45) is 0 Å². The summed E-state index contributed by atoms with van der Waals surface area (Å²) in [6.07, 6.45) is 6.02. The Morgan fingerprint density at radius 1 is 1.09 bits per heavy atom. The molecule has 0 amide bonds. The summed E-state index contributed by atoms with van der Waals surface area (Å²) in [5, 5.41) is 0. The lowest BCUT2D eigenvalue weighted by molar-refractivity contribution is 0.578. The summed E-state index contributed by atoms with van der Waals surface area (Å²) in [5.41, 5.74) is 1.45. The second kappa shape index (κ2) is 6.08. The predicted molar refractivity (Wildman–Crippen MR) is 80.2 cm³/mol. The minimum Gasteiger partial charge on any atom is -0.463 e. The molecule has 0 saturated carbocycles. The van der Waals surface area contributed by atoms with E-state index in [2.05, 4.69) is 14.7 Å². The molecule has 0 saturated heterocycles. The molecule has 0 aliphatic heterocycles.